The van der Waals surface area contributed by atoms with Crippen molar-refractivity contribution in [1.82, 2.24) is 9.97 Å². The molecule has 2 N–H and O–H groups in total. The number of hydrogen-bond acceptors (Lipinski definition) is 6. The second-order valence-corrected chi connectivity index (χ2v) is 5.85. The van der Waals surface area contributed by atoms with Crippen LogP contribution >= 0.6 is 0 Å². The van der Waals surface area contributed by atoms with Crippen LogP contribution in [-0.2, 0) is 0 Å². The predicted molar refractivity (Wildman–Crippen MR) is 97.1 cm³/mol. The zero-order chi connectivity index (χ0) is 19.5. The van der Waals surface area contributed by atoms with Crippen molar-refractivity contribution < 1.29 is 23.0 Å². The van der Waals surface area contributed by atoms with Crippen LogP contribution in [0.3, 0.4) is 0 Å². The van der Waals surface area contributed by atoms with Crippen molar-refractivity contribution in [3.63, 3.8) is 0 Å². The number of amides is 1. The van der Waals surface area contributed by atoms with Gasteiger partial charge in [0.1, 0.15) is 24.7 Å². The molecule has 1 aliphatic rings. The van der Waals surface area contributed by atoms with Crippen LogP contribution in [0.2, 0.25) is 0 Å². The highest BCUT2D eigenvalue weighted by molar-refractivity contribution is 6.02. The Labute approximate surface area is 158 Å². The third kappa shape index (κ3) is 3.83. The third-order valence-electron chi connectivity index (χ3n) is 3.88. The number of ether oxygens (including phenoxy) is 2. The van der Waals surface area contributed by atoms with Crippen LogP contribution in [0.15, 0.2) is 48.8 Å². The molecule has 2 heterocycles. The van der Waals surface area contributed by atoms with Crippen LogP contribution in [0.4, 0.5) is 26.0 Å². The molecule has 0 fully saturated rings. The van der Waals surface area contributed by atoms with Gasteiger partial charge in [0, 0.05) is 23.5 Å². The number of nitrogens with one attached hydrogen (secondary N) is 2. The number of fused-ring (bicyclic) bond motifs is 1. The summed E-state index contributed by atoms with van der Waals surface area (Å²) in [5.74, 6) is -0.917. The van der Waals surface area contributed by atoms with E-state index < -0.39 is 17.5 Å². The summed E-state index contributed by atoms with van der Waals surface area (Å²) in [6.07, 6.45) is 2.59. The molecule has 1 amide bonds. The summed E-state index contributed by atoms with van der Waals surface area (Å²) in [7, 11) is 0. The van der Waals surface area contributed by atoms with Gasteiger partial charge < -0.3 is 20.1 Å². The van der Waals surface area contributed by atoms with E-state index in [0.29, 0.717) is 36.1 Å². The first-order valence-corrected chi connectivity index (χ1v) is 8.33. The van der Waals surface area contributed by atoms with Gasteiger partial charge in [0.15, 0.2) is 23.1 Å². The minimum atomic E-state index is -0.978. The molecule has 0 radical (unpaired) electrons. The van der Waals surface area contributed by atoms with Crippen LogP contribution < -0.4 is 20.1 Å². The Morgan fingerprint density at radius 2 is 1.68 bits per heavy atom. The summed E-state index contributed by atoms with van der Waals surface area (Å²) in [5, 5.41) is 5.48. The first-order valence-electron chi connectivity index (χ1n) is 8.33. The fourth-order valence-electron chi connectivity index (χ4n) is 2.55. The van der Waals surface area contributed by atoms with Gasteiger partial charge in [-0.15, -0.1) is 0 Å². The Morgan fingerprint density at radius 1 is 0.893 bits per heavy atom. The number of anilines is 3. The largest absolute Gasteiger partial charge is 0.486 e. The highest BCUT2D eigenvalue weighted by Crippen LogP contribution is 2.32. The van der Waals surface area contributed by atoms with Gasteiger partial charge in [0.25, 0.3) is 5.91 Å². The van der Waals surface area contributed by atoms with Crippen molar-refractivity contribution >= 4 is 23.1 Å². The third-order valence-corrected chi connectivity index (χ3v) is 3.88. The molecule has 2 aromatic carbocycles. The minimum absolute atomic E-state index is 0.0886. The van der Waals surface area contributed by atoms with Crippen molar-refractivity contribution in [2.24, 2.45) is 0 Å². The summed E-state index contributed by atoms with van der Waals surface area (Å²) in [5.41, 5.74) is 0.924. The van der Waals surface area contributed by atoms with Crippen molar-refractivity contribution in [2.75, 3.05) is 23.8 Å². The van der Waals surface area contributed by atoms with Crippen molar-refractivity contribution in [2.45, 2.75) is 0 Å². The molecule has 142 valence electrons. The van der Waals surface area contributed by atoms with Crippen LogP contribution in [0.5, 0.6) is 11.5 Å². The Hall–Kier alpha value is -3.75. The first-order chi connectivity index (χ1) is 13.6. The number of carbonyl (C=O) groups is 1. The van der Waals surface area contributed by atoms with Gasteiger partial charge in [0.2, 0.25) is 0 Å². The van der Waals surface area contributed by atoms with Gasteiger partial charge in [-0.2, -0.15) is 0 Å². The van der Waals surface area contributed by atoms with E-state index in [1.54, 1.807) is 18.2 Å². The molecule has 0 spiro atoms. The zero-order valence-electron chi connectivity index (χ0n) is 14.4. The van der Waals surface area contributed by atoms with E-state index in [4.69, 9.17) is 9.47 Å². The smallest absolute Gasteiger partial charge is 0.275 e. The van der Waals surface area contributed by atoms with Gasteiger partial charge in [-0.1, -0.05) is 0 Å². The van der Waals surface area contributed by atoms with Gasteiger partial charge in [-0.05, 0) is 24.3 Å². The summed E-state index contributed by atoms with van der Waals surface area (Å²) in [6.45, 7) is 0.932. The normalized spacial score (nSPS) is 12.4. The highest BCUT2D eigenvalue weighted by Gasteiger charge is 2.14. The quantitative estimate of drug-likeness (QED) is 0.716. The maximum absolute atomic E-state index is 13.2. The summed E-state index contributed by atoms with van der Waals surface area (Å²) < 4.78 is 37.1. The second kappa shape index (κ2) is 7.47. The van der Waals surface area contributed by atoms with E-state index in [9.17, 15) is 13.6 Å². The minimum Gasteiger partial charge on any atom is -0.486 e. The van der Waals surface area contributed by atoms with Crippen LogP contribution in [0.1, 0.15) is 10.5 Å². The van der Waals surface area contributed by atoms with Crippen molar-refractivity contribution in [1.29, 1.82) is 0 Å². The molecule has 9 heteroatoms. The SMILES string of the molecule is O=C(Nc1ccc2c(c1)OCCO2)c1cnc(Nc2ccc(F)c(F)c2)cn1. The maximum atomic E-state index is 13.2. The Kier molecular flexibility index (Phi) is 4.71. The number of carbonyl (C=O) groups excluding carboxylic acids is 1. The van der Waals surface area contributed by atoms with E-state index in [-0.39, 0.29) is 11.5 Å². The number of benzene rings is 2. The fraction of sp³-hybridized carbons (Fsp3) is 0.105. The molecule has 0 bridgehead atoms. The molecule has 3 aromatic rings. The highest BCUT2D eigenvalue weighted by atomic mass is 19.2. The zero-order valence-corrected chi connectivity index (χ0v) is 14.4. The molecule has 4 rings (SSSR count). The number of halogens is 2. The van der Waals surface area contributed by atoms with E-state index in [0.717, 1.165) is 12.1 Å². The Morgan fingerprint density at radius 3 is 2.43 bits per heavy atom. The van der Waals surface area contributed by atoms with Gasteiger partial charge >= 0.3 is 0 Å². The summed E-state index contributed by atoms with van der Waals surface area (Å²) in [6, 6.07) is 8.43. The lowest BCUT2D eigenvalue weighted by Gasteiger charge is -2.18. The molecule has 1 aromatic heterocycles. The molecular weight excluding hydrogens is 370 g/mol. The van der Waals surface area contributed by atoms with E-state index in [1.807, 2.05) is 0 Å². The van der Waals surface area contributed by atoms with E-state index in [1.165, 1.54) is 18.5 Å². The summed E-state index contributed by atoms with van der Waals surface area (Å²) in [4.78, 5) is 20.4. The lowest BCUT2D eigenvalue weighted by atomic mass is 10.2. The molecule has 0 unspecified atom stereocenters. The average Bonchev–Trinajstić information content (AvgIpc) is 2.71. The van der Waals surface area contributed by atoms with E-state index >= 15 is 0 Å². The van der Waals surface area contributed by atoms with Crippen molar-refractivity contribution in [3.05, 3.63) is 66.1 Å². The summed E-state index contributed by atoms with van der Waals surface area (Å²) >= 11 is 0. The van der Waals surface area contributed by atoms with Crippen molar-refractivity contribution in [3.8, 4) is 11.5 Å². The lowest BCUT2D eigenvalue weighted by molar-refractivity contribution is 0.102. The van der Waals surface area contributed by atoms with Gasteiger partial charge in [-0.3, -0.25) is 4.79 Å². The molecule has 28 heavy (non-hydrogen) atoms. The fourth-order valence-corrected chi connectivity index (χ4v) is 2.55. The second-order valence-electron chi connectivity index (χ2n) is 5.85. The predicted octanol–water partition coefficient (Wildman–Crippen LogP) is 3.52. The van der Waals surface area contributed by atoms with Crippen LogP contribution in [-0.4, -0.2) is 29.1 Å². The lowest BCUT2D eigenvalue weighted by Crippen LogP contribution is -2.17. The molecule has 1 aliphatic heterocycles. The molecule has 0 atom stereocenters. The van der Waals surface area contributed by atoms with Gasteiger partial charge in [-0.25, -0.2) is 18.7 Å². The van der Waals surface area contributed by atoms with Crippen LogP contribution in [0, 0.1) is 11.6 Å². The standard InChI is InChI=1S/C19H14F2N4O3/c20-13-3-1-11(7-14(13)21)24-18-10-22-15(9-23-18)19(26)25-12-2-4-16-17(8-12)28-6-5-27-16/h1-4,7-10H,5-6H2,(H,23,24)(H,25,26). The molecule has 0 saturated heterocycles. The first kappa shape index (κ1) is 17.7. The number of rotatable bonds is 4. The van der Waals surface area contributed by atoms with Crippen LogP contribution in [0.25, 0.3) is 0 Å². The number of nitrogens with zero attached hydrogens (tertiary/aromatic N) is 2. The molecule has 7 nitrogen and oxygen atoms in total. The number of hydrogen-bond donors (Lipinski definition) is 2. The average molecular weight is 384 g/mol. The number of aromatic nitrogens is 2. The molecular formula is C19H14F2N4O3. The maximum Gasteiger partial charge on any atom is 0.275 e. The Bertz CT molecular complexity index is 1030. The topological polar surface area (TPSA) is 85.4 Å². The monoisotopic (exact) mass is 384 g/mol. The Balaban J connectivity index is 1.43. The van der Waals surface area contributed by atoms with Gasteiger partial charge in [0.05, 0.1) is 12.4 Å². The molecule has 0 aliphatic carbocycles. The van der Waals surface area contributed by atoms with E-state index in [2.05, 4.69) is 20.6 Å². The molecule has 0 saturated carbocycles.